The summed E-state index contributed by atoms with van der Waals surface area (Å²) in [7, 11) is 0. The molecule has 110 valence electrons. The number of aryl methyl sites for hydroxylation is 1. The zero-order chi connectivity index (χ0) is 15.4. The Balaban J connectivity index is 2.46. The first-order chi connectivity index (χ1) is 10.0. The van der Waals surface area contributed by atoms with Crippen LogP contribution in [0.1, 0.15) is 34.8 Å². The van der Waals surface area contributed by atoms with Crippen molar-refractivity contribution < 1.29 is 9.53 Å². The molecule has 3 nitrogen and oxygen atoms in total. The number of anilines is 1. The van der Waals surface area contributed by atoms with Crippen molar-refractivity contribution in [3.63, 3.8) is 0 Å². The topological polar surface area (TPSA) is 52.3 Å². The van der Waals surface area contributed by atoms with Crippen molar-refractivity contribution in [2.45, 2.75) is 20.3 Å². The summed E-state index contributed by atoms with van der Waals surface area (Å²) >= 11 is 6.15. The fourth-order valence-electron chi connectivity index (χ4n) is 2.00. The zero-order valence-electron chi connectivity index (χ0n) is 12.2. The fourth-order valence-corrected chi connectivity index (χ4v) is 2.16. The van der Waals surface area contributed by atoms with Crippen molar-refractivity contribution in [2.75, 3.05) is 12.3 Å². The standard InChI is InChI=1S/C17H18ClNO2/c1-3-7-21-16-8-11(2)15(18)10-14(16)17(20)12-5-4-6-13(19)9-12/h4-6,8-10H,3,7,19H2,1-2H3. The minimum absolute atomic E-state index is 0.143. The summed E-state index contributed by atoms with van der Waals surface area (Å²) in [6, 6.07) is 10.3. The third-order valence-corrected chi connectivity index (χ3v) is 3.52. The number of carbonyl (C=O) groups excluding carboxylic acids is 1. The number of hydrogen-bond acceptors (Lipinski definition) is 3. The molecule has 2 aromatic rings. The van der Waals surface area contributed by atoms with Gasteiger partial charge in [-0.05, 0) is 43.2 Å². The molecule has 0 radical (unpaired) electrons. The average Bonchev–Trinajstić information content (AvgIpc) is 2.47. The SMILES string of the molecule is CCCOc1cc(C)c(Cl)cc1C(=O)c1cccc(N)c1. The molecule has 0 bridgehead atoms. The molecule has 0 spiro atoms. The van der Waals surface area contributed by atoms with E-state index >= 15 is 0 Å². The van der Waals surface area contributed by atoms with Crippen molar-refractivity contribution in [2.24, 2.45) is 0 Å². The van der Waals surface area contributed by atoms with Gasteiger partial charge in [-0.25, -0.2) is 0 Å². The summed E-state index contributed by atoms with van der Waals surface area (Å²) < 4.78 is 5.68. The predicted octanol–water partition coefficient (Wildman–Crippen LogP) is 4.25. The number of ether oxygens (including phenoxy) is 1. The van der Waals surface area contributed by atoms with Crippen LogP contribution in [-0.2, 0) is 0 Å². The normalized spacial score (nSPS) is 10.4. The van der Waals surface area contributed by atoms with E-state index in [0.29, 0.717) is 34.2 Å². The maximum atomic E-state index is 12.7. The Morgan fingerprint density at radius 1 is 1.29 bits per heavy atom. The summed E-state index contributed by atoms with van der Waals surface area (Å²) in [6.07, 6.45) is 0.869. The zero-order valence-corrected chi connectivity index (χ0v) is 12.9. The van der Waals surface area contributed by atoms with Gasteiger partial charge in [-0.15, -0.1) is 0 Å². The van der Waals surface area contributed by atoms with Crippen molar-refractivity contribution in [1.29, 1.82) is 0 Å². The number of nitrogens with two attached hydrogens (primary N) is 1. The largest absolute Gasteiger partial charge is 0.493 e. The van der Waals surface area contributed by atoms with Crippen molar-refractivity contribution in [3.05, 3.63) is 58.1 Å². The van der Waals surface area contributed by atoms with E-state index < -0.39 is 0 Å². The molecule has 0 saturated heterocycles. The molecule has 0 atom stereocenters. The lowest BCUT2D eigenvalue weighted by Gasteiger charge is -2.12. The summed E-state index contributed by atoms with van der Waals surface area (Å²) in [6.45, 7) is 4.45. The van der Waals surface area contributed by atoms with Crippen molar-refractivity contribution in [3.8, 4) is 5.75 Å². The van der Waals surface area contributed by atoms with E-state index in [9.17, 15) is 4.79 Å². The second-order valence-electron chi connectivity index (χ2n) is 4.90. The van der Waals surface area contributed by atoms with Gasteiger partial charge < -0.3 is 10.5 Å². The number of nitrogen functional groups attached to an aromatic ring is 1. The molecule has 0 unspecified atom stereocenters. The molecule has 0 aromatic heterocycles. The Hall–Kier alpha value is -2.00. The molecule has 0 aliphatic carbocycles. The molecule has 21 heavy (non-hydrogen) atoms. The summed E-state index contributed by atoms with van der Waals surface area (Å²) in [5, 5.41) is 0.547. The van der Waals surface area contributed by atoms with Crippen LogP contribution in [0.3, 0.4) is 0 Å². The minimum atomic E-state index is -0.143. The first-order valence-corrected chi connectivity index (χ1v) is 7.24. The summed E-state index contributed by atoms with van der Waals surface area (Å²) in [5.74, 6) is 0.418. The Morgan fingerprint density at radius 3 is 2.71 bits per heavy atom. The van der Waals surface area contributed by atoms with Crippen LogP contribution in [0.25, 0.3) is 0 Å². The third-order valence-electron chi connectivity index (χ3n) is 3.12. The highest BCUT2D eigenvalue weighted by atomic mass is 35.5. The Morgan fingerprint density at radius 2 is 2.05 bits per heavy atom. The van der Waals surface area contributed by atoms with Gasteiger partial charge in [-0.1, -0.05) is 30.7 Å². The molecule has 2 rings (SSSR count). The number of halogens is 1. The third kappa shape index (κ3) is 3.56. The molecule has 0 saturated carbocycles. The number of carbonyl (C=O) groups is 1. The predicted molar refractivity (Wildman–Crippen MR) is 86.3 cm³/mol. The lowest BCUT2D eigenvalue weighted by atomic mass is 10.0. The molecule has 2 N–H and O–H groups in total. The molecule has 0 fully saturated rings. The van der Waals surface area contributed by atoms with E-state index in [1.54, 1.807) is 36.4 Å². The molecule has 0 aliphatic rings. The first-order valence-electron chi connectivity index (χ1n) is 6.86. The van der Waals surface area contributed by atoms with Crippen LogP contribution in [-0.4, -0.2) is 12.4 Å². The Labute approximate surface area is 129 Å². The van der Waals surface area contributed by atoms with Crippen LogP contribution >= 0.6 is 11.6 Å². The smallest absolute Gasteiger partial charge is 0.196 e. The summed E-state index contributed by atoms with van der Waals surface area (Å²) in [5.41, 5.74) is 8.16. The Kier molecular flexibility index (Phi) is 4.86. The van der Waals surface area contributed by atoms with Gasteiger partial charge in [0, 0.05) is 16.3 Å². The van der Waals surface area contributed by atoms with E-state index in [0.717, 1.165) is 12.0 Å². The number of rotatable bonds is 5. The van der Waals surface area contributed by atoms with Crippen molar-refractivity contribution >= 4 is 23.1 Å². The highest BCUT2D eigenvalue weighted by molar-refractivity contribution is 6.32. The Bertz CT molecular complexity index is 668. The average molecular weight is 304 g/mol. The van der Waals surface area contributed by atoms with Gasteiger partial charge in [0.15, 0.2) is 5.78 Å². The van der Waals surface area contributed by atoms with Gasteiger partial charge >= 0.3 is 0 Å². The minimum Gasteiger partial charge on any atom is -0.493 e. The molecule has 0 aliphatic heterocycles. The number of ketones is 1. The van der Waals surface area contributed by atoms with E-state index in [1.165, 1.54) is 0 Å². The van der Waals surface area contributed by atoms with Gasteiger partial charge in [-0.2, -0.15) is 0 Å². The maximum absolute atomic E-state index is 12.7. The van der Waals surface area contributed by atoms with Crippen LogP contribution in [0.4, 0.5) is 5.69 Å². The van der Waals surface area contributed by atoms with E-state index in [2.05, 4.69) is 0 Å². The van der Waals surface area contributed by atoms with E-state index in [1.807, 2.05) is 13.8 Å². The van der Waals surface area contributed by atoms with Gasteiger partial charge in [0.2, 0.25) is 0 Å². The highest BCUT2D eigenvalue weighted by Crippen LogP contribution is 2.29. The monoisotopic (exact) mass is 303 g/mol. The van der Waals surface area contributed by atoms with Crippen LogP contribution in [0.5, 0.6) is 5.75 Å². The molecular weight excluding hydrogens is 286 g/mol. The van der Waals surface area contributed by atoms with E-state index in [-0.39, 0.29) is 5.78 Å². The molecule has 2 aromatic carbocycles. The van der Waals surface area contributed by atoms with Gasteiger partial charge in [0.25, 0.3) is 0 Å². The molecule has 0 heterocycles. The molecular formula is C17H18ClNO2. The second-order valence-corrected chi connectivity index (χ2v) is 5.31. The van der Waals surface area contributed by atoms with Gasteiger partial charge in [0.1, 0.15) is 5.75 Å². The summed E-state index contributed by atoms with van der Waals surface area (Å²) in [4.78, 5) is 12.7. The quantitative estimate of drug-likeness (QED) is 0.663. The molecule has 0 amide bonds. The van der Waals surface area contributed by atoms with Gasteiger partial charge in [-0.3, -0.25) is 4.79 Å². The van der Waals surface area contributed by atoms with Crippen LogP contribution in [0, 0.1) is 6.92 Å². The lowest BCUT2D eigenvalue weighted by molar-refractivity contribution is 0.103. The second kappa shape index (κ2) is 6.64. The van der Waals surface area contributed by atoms with Crippen LogP contribution in [0.15, 0.2) is 36.4 Å². The molecule has 4 heteroatoms. The van der Waals surface area contributed by atoms with Crippen LogP contribution in [0.2, 0.25) is 5.02 Å². The lowest BCUT2D eigenvalue weighted by Crippen LogP contribution is -2.07. The van der Waals surface area contributed by atoms with Crippen molar-refractivity contribution in [1.82, 2.24) is 0 Å². The number of hydrogen-bond donors (Lipinski definition) is 1. The fraction of sp³-hybridized carbons (Fsp3) is 0.235. The van der Waals surface area contributed by atoms with Crippen LogP contribution < -0.4 is 10.5 Å². The number of benzene rings is 2. The maximum Gasteiger partial charge on any atom is 0.196 e. The highest BCUT2D eigenvalue weighted by Gasteiger charge is 2.17. The van der Waals surface area contributed by atoms with E-state index in [4.69, 9.17) is 22.1 Å². The first kappa shape index (κ1) is 15.4. The van der Waals surface area contributed by atoms with Gasteiger partial charge in [0.05, 0.1) is 12.2 Å².